The highest BCUT2D eigenvalue weighted by molar-refractivity contribution is 9.09. The number of rotatable bonds is 4. The van der Waals surface area contributed by atoms with Gasteiger partial charge >= 0.3 is 0 Å². The minimum atomic E-state index is -0.256. The van der Waals surface area contributed by atoms with Gasteiger partial charge in [-0.2, -0.15) is 0 Å². The maximum atomic E-state index is 13.7. The zero-order chi connectivity index (χ0) is 12.3. The van der Waals surface area contributed by atoms with Crippen LogP contribution in [-0.4, -0.2) is 12.4 Å². The number of ether oxygens (including phenoxy) is 1. The molecule has 1 nitrogen and oxygen atoms in total. The molecule has 1 atom stereocenters. The largest absolute Gasteiger partial charge is 0.494 e. The van der Waals surface area contributed by atoms with Crippen molar-refractivity contribution in [2.75, 3.05) is 12.4 Å². The number of methoxy groups -OCH3 is 1. The van der Waals surface area contributed by atoms with Gasteiger partial charge in [-0.1, -0.05) is 34.8 Å². The van der Waals surface area contributed by atoms with Crippen LogP contribution in [0, 0.1) is 11.7 Å². The third-order valence-electron chi connectivity index (χ3n) is 3.74. The van der Waals surface area contributed by atoms with Crippen molar-refractivity contribution < 1.29 is 9.13 Å². The Labute approximate surface area is 110 Å². The lowest BCUT2D eigenvalue weighted by Gasteiger charge is -2.22. The lowest BCUT2D eigenvalue weighted by Crippen LogP contribution is -2.11. The number of hydrogen-bond donors (Lipinski definition) is 0. The summed E-state index contributed by atoms with van der Waals surface area (Å²) >= 11 is 3.57. The molecule has 0 heterocycles. The molecule has 1 unspecified atom stereocenters. The van der Waals surface area contributed by atoms with Crippen molar-refractivity contribution in [3.8, 4) is 5.75 Å². The van der Waals surface area contributed by atoms with E-state index in [1.54, 1.807) is 12.1 Å². The van der Waals surface area contributed by atoms with Gasteiger partial charge in [0.25, 0.3) is 0 Å². The molecule has 2 rings (SSSR count). The van der Waals surface area contributed by atoms with Crippen LogP contribution in [0.4, 0.5) is 4.39 Å². The maximum Gasteiger partial charge on any atom is 0.165 e. The quantitative estimate of drug-likeness (QED) is 0.744. The van der Waals surface area contributed by atoms with Crippen LogP contribution in [0.15, 0.2) is 18.2 Å². The fraction of sp³-hybridized carbons (Fsp3) is 0.571. The van der Waals surface area contributed by atoms with Crippen LogP contribution in [0.3, 0.4) is 0 Å². The molecular weight excluding hydrogens is 283 g/mol. The van der Waals surface area contributed by atoms with Gasteiger partial charge in [-0.25, -0.2) is 4.39 Å². The van der Waals surface area contributed by atoms with E-state index in [4.69, 9.17) is 4.74 Å². The van der Waals surface area contributed by atoms with E-state index in [9.17, 15) is 4.39 Å². The van der Waals surface area contributed by atoms with E-state index < -0.39 is 0 Å². The summed E-state index contributed by atoms with van der Waals surface area (Å²) in [5.41, 5.74) is 1.09. The molecule has 3 heteroatoms. The average molecular weight is 301 g/mol. The highest BCUT2D eigenvalue weighted by Gasteiger charge is 2.26. The number of hydrogen-bond acceptors (Lipinski definition) is 1. The van der Waals surface area contributed by atoms with Crippen LogP contribution in [0.25, 0.3) is 0 Å². The second-order valence-corrected chi connectivity index (χ2v) is 5.35. The molecule has 0 bridgehead atoms. The molecule has 0 aromatic heterocycles. The molecular formula is C14H18BrFO. The van der Waals surface area contributed by atoms with Crippen molar-refractivity contribution in [1.82, 2.24) is 0 Å². The van der Waals surface area contributed by atoms with Gasteiger partial charge in [0.2, 0.25) is 0 Å². The van der Waals surface area contributed by atoms with E-state index in [2.05, 4.69) is 15.9 Å². The molecule has 17 heavy (non-hydrogen) atoms. The third kappa shape index (κ3) is 2.82. The minimum Gasteiger partial charge on any atom is -0.494 e. The lowest BCUT2D eigenvalue weighted by molar-refractivity contribution is 0.384. The Bertz CT molecular complexity index is 374. The summed E-state index contributed by atoms with van der Waals surface area (Å²) in [6.07, 6.45) is 5.16. The number of alkyl halides is 1. The van der Waals surface area contributed by atoms with E-state index in [0.717, 1.165) is 10.9 Å². The molecule has 1 aromatic carbocycles. The van der Waals surface area contributed by atoms with E-state index in [-0.39, 0.29) is 5.82 Å². The van der Waals surface area contributed by atoms with Gasteiger partial charge in [-0.3, -0.25) is 0 Å². The summed E-state index contributed by atoms with van der Waals surface area (Å²) in [4.78, 5) is 0. The number of benzene rings is 1. The number of halogens is 2. The molecule has 0 aliphatic heterocycles. The third-order valence-corrected chi connectivity index (χ3v) is 4.44. The summed E-state index contributed by atoms with van der Waals surface area (Å²) in [5, 5.41) is 0.906. The summed E-state index contributed by atoms with van der Waals surface area (Å²) in [6.45, 7) is 0. The molecule has 1 fully saturated rings. The summed E-state index contributed by atoms with van der Waals surface area (Å²) in [5.74, 6) is 1.20. The van der Waals surface area contributed by atoms with Crippen LogP contribution in [0.1, 0.15) is 37.2 Å². The predicted molar refractivity (Wildman–Crippen MR) is 71.4 cm³/mol. The first-order valence-electron chi connectivity index (χ1n) is 6.15. The highest BCUT2D eigenvalue weighted by atomic mass is 79.9. The zero-order valence-electron chi connectivity index (χ0n) is 10.1. The fourth-order valence-corrected chi connectivity index (χ4v) is 3.66. The Hall–Kier alpha value is -0.570. The molecule has 0 amide bonds. The van der Waals surface area contributed by atoms with Gasteiger partial charge in [-0.15, -0.1) is 0 Å². The highest BCUT2D eigenvalue weighted by Crippen LogP contribution is 2.39. The van der Waals surface area contributed by atoms with Crippen molar-refractivity contribution in [3.05, 3.63) is 29.6 Å². The van der Waals surface area contributed by atoms with Crippen molar-refractivity contribution in [2.45, 2.75) is 31.6 Å². The van der Waals surface area contributed by atoms with Crippen LogP contribution >= 0.6 is 15.9 Å². The molecule has 1 aliphatic rings. The van der Waals surface area contributed by atoms with Crippen LogP contribution in [0.5, 0.6) is 5.75 Å². The SMILES string of the molecule is COc1ccc(C(CBr)C2CCCC2)cc1F. The van der Waals surface area contributed by atoms with Crippen molar-refractivity contribution in [2.24, 2.45) is 5.92 Å². The lowest BCUT2D eigenvalue weighted by atomic mass is 9.86. The maximum absolute atomic E-state index is 13.7. The molecule has 0 saturated heterocycles. The second-order valence-electron chi connectivity index (χ2n) is 4.70. The Morgan fingerprint density at radius 2 is 2.12 bits per heavy atom. The van der Waals surface area contributed by atoms with E-state index >= 15 is 0 Å². The average Bonchev–Trinajstić information content (AvgIpc) is 2.84. The minimum absolute atomic E-state index is 0.256. The van der Waals surface area contributed by atoms with E-state index in [0.29, 0.717) is 17.6 Å². The van der Waals surface area contributed by atoms with Gasteiger partial charge in [0.15, 0.2) is 11.6 Å². The van der Waals surface area contributed by atoms with Gasteiger partial charge in [0.1, 0.15) is 0 Å². The monoisotopic (exact) mass is 300 g/mol. The van der Waals surface area contributed by atoms with E-state index in [1.165, 1.54) is 32.8 Å². The molecule has 1 aliphatic carbocycles. The Balaban J connectivity index is 2.21. The molecule has 0 N–H and O–H groups in total. The summed E-state index contributed by atoms with van der Waals surface area (Å²) in [7, 11) is 1.50. The summed E-state index contributed by atoms with van der Waals surface area (Å²) in [6, 6.07) is 5.35. The van der Waals surface area contributed by atoms with Crippen molar-refractivity contribution in [1.29, 1.82) is 0 Å². The molecule has 0 spiro atoms. The Morgan fingerprint density at radius 3 is 2.65 bits per heavy atom. The van der Waals surface area contributed by atoms with Crippen molar-refractivity contribution in [3.63, 3.8) is 0 Å². The second kappa shape index (κ2) is 5.85. The van der Waals surface area contributed by atoms with Gasteiger partial charge in [-0.05, 0) is 42.4 Å². The molecule has 1 aromatic rings. The first-order valence-corrected chi connectivity index (χ1v) is 7.27. The smallest absolute Gasteiger partial charge is 0.165 e. The van der Waals surface area contributed by atoms with Gasteiger partial charge < -0.3 is 4.74 Å². The first kappa shape index (κ1) is 12.9. The van der Waals surface area contributed by atoms with E-state index in [1.807, 2.05) is 6.07 Å². The standard InChI is InChI=1S/C14H18BrFO/c1-17-14-7-6-11(8-13(14)16)12(9-15)10-4-2-3-5-10/h6-8,10,12H,2-5,9H2,1H3. The Morgan fingerprint density at radius 1 is 1.41 bits per heavy atom. The normalized spacial score (nSPS) is 18.3. The van der Waals surface area contributed by atoms with Crippen LogP contribution in [-0.2, 0) is 0 Å². The fourth-order valence-electron chi connectivity index (χ4n) is 2.76. The summed E-state index contributed by atoms with van der Waals surface area (Å²) < 4.78 is 18.6. The van der Waals surface area contributed by atoms with Crippen molar-refractivity contribution >= 4 is 15.9 Å². The molecule has 94 valence electrons. The van der Waals surface area contributed by atoms with Gasteiger partial charge in [0, 0.05) is 5.33 Å². The zero-order valence-corrected chi connectivity index (χ0v) is 11.7. The first-order chi connectivity index (χ1) is 8.26. The Kier molecular flexibility index (Phi) is 4.43. The topological polar surface area (TPSA) is 9.23 Å². The van der Waals surface area contributed by atoms with Crippen LogP contribution < -0.4 is 4.74 Å². The van der Waals surface area contributed by atoms with Gasteiger partial charge in [0.05, 0.1) is 7.11 Å². The van der Waals surface area contributed by atoms with Crippen LogP contribution in [0.2, 0.25) is 0 Å². The molecule has 1 saturated carbocycles. The predicted octanol–water partition coefficient (Wildman–Crippen LogP) is 4.50. The molecule has 0 radical (unpaired) electrons.